The lowest BCUT2D eigenvalue weighted by molar-refractivity contribution is 0.0449. The topological polar surface area (TPSA) is 112 Å². The van der Waals surface area contributed by atoms with Crippen molar-refractivity contribution in [3.8, 4) is 0 Å². The van der Waals surface area contributed by atoms with Gasteiger partial charge in [0.25, 0.3) is 0 Å². The van der Waals surface area contributed by atoms with Crippen molar-refractivity contribution in [2.45, 2.75) is 52.7 Å². The fraction of sp³-hybridized carbons (Fsp3) is 0.400. The van der Waals surface area contributed by atoms with Gasteiger partial charge in [0.2, 0.25) is 0 Å². The fourth-order valence-corrected chi connectivity index (χ4v) is 2.76. The van der Waals surface area contributed by atoms with E-state index in [9.17, 15) is 14.4 Å². The van der Waals surface area contributed by atoms with Crippen molar-refractivity contribution < 1.29 is 33.3 Å². The molecule has 0 saturated heterocycles. The number of unbranched alkanes of at least 4 members (excludes halogenated alkanes) is 2. The predicted molar refractivity (Wildman–Crippen MR) is 128 cm³/mol. The first kappa shape index (κ1) is 26.5. The van der Waals surface area contributed by atoms with E-state index in [0.29, 0.717) is 35.7 Å². The van der Waals surface area contributed by atoms with E-state index in [0.717, 1.165) is 25.7 Å². The van der Waals surface area contributed by atoms with Gasteiger partial charge in [-0.25, -0.2) is 14.4 Å². The van der Waals surface area contributed by atoms with E-state index in [1.807, 2.05) is 13.8 Å². The Morgan fingerprint density at radius 2 is 1.06 bits per heavy atom. The number of nitrogens with one attached hydrogen (secondary N) is 2. The Labute approximate surface area is 199 Å². The molecule has 2 rings (SSSR count). The summed E-state index contributed by atoms with van der Waals surface area (Å²) in [5.41, 5.74) is 2.13. The summed E-state index contributed by atoms with van der Waals surface area (Å²) in [6.07, 6.45) is 1.38. The maximum Gasteiger partial charge on any atom is 0.508 e. The number of carbonyl (C=O) groups is 3. The number of rotatable bonds is 12. The second-order valence-corrected chi connectivity index (χ2v) is 7.37. The first-order valence-electron chi connectivity index (χ1n) is 11.4. The van der Waals surface area contributed by atoms with Crippen LogP contribution in [0.3, 0.4) is 0 Å². The molecule has 0 spiro atoms. The Morgan fingerprint density at radius 3 is 1.47 bits per heavy atom. The monoisotopic (exact) mass is 472 g/mol. The van der Waals surface area contributed by atoms with Gasteiger partial charge in [-0.05, 0) is 25.0 Å². The Hall–Kier alpha value is -3.75. The maximum atomic E-state index is 12.1. The van der Waals surface area contributed by atoms with E-state index < -0.39 is 18.3 Å². The second kappa shape index (κ2) is 15.2. The van der Waals surface area contributed by atoms with Crippen LogP contribution < -0.4 is 10.6 Å². The normalized spacial score (nSPS) is 10.2. The van der Waals surface area contributed by atoms with Crippen molar-refractivity contribution in [1.82, 2.24) is 0 Å². The van der Waals surface area contributed by atoms with Gasteiger partial charge >= 0.3 is 18.3 Å². The second-order valence-electron chi connectivity index (χ2n) is 7.37. The Kier molecular flexibility index (Phi) is 11.8. The molecule has 0 aliphatic heterocycles. The number of ether oxygens (including phenoxy) is 4. The lowest BCUT2D eigenvalue weighted by atomic mass is 10.2. The zero-order valence-electron chi connectivity index (χ0n) is 19.6. The first-order chi connectivity index (χ1) is 16.5. The largest absolute Gasteiger partial charge is 0.508 e. The van der Waals surface area contributed by atoms with Gasteiger partial charge in [-0.1, -0.05) is 63.1 Å². The number of anilines is 2. The number of benzene rings is 2. The van der Waals surface area contributed by atoms with E-state index >= 15 is 0 Å². The van der Waals surface area contributed by atoms with Crippen LogP contribution in [0.15, 0.2) is 48.5 Å². The molecule has 0 saturated carbocycles. The van der Waals surface area contributed by atoms with Gasteiger partial charge in [0, 0.05) is 11.1 Å². The van der Waals surface area contributed by atoms with Gasteiger partial charge in [0.05, 0.1) is 24.6 Å². The highest BCUT2D eigenvalue weighted by Crippen LogP contribution is 2.19. The Morgan fingerprint density at radius 1 is 0.647 bits per heavy atom. The van der Waals surface area contributed by atoms with Crippen molar-refractivity contribution in [2.75, 3.05) is 23.8 Å². The molecule has 0 aliphatic carbocycles. The molecule has 9 heteroatoms. The summed E-state index contributed by atoms with van der Waals surface area (Å²) in [6.45, 7) is 4.47. The smallest absolute Gasteiger partial charge is 0.449 e. The van der Waals surface area contributed by atoms with Gasteiger partial charge in [-0.2, -0.15) is 0 Å². The highest BCUT2D eigenvalue weighted by molar-refractivity contribution is 5.86. The standard InChI is InChI=1S/C25H32N2O7/c1-3-5-15-31-23(28)26-21-13-9-7-11-19(21)17-33-25(30)34-18-20-12-8-10-14-22(20)27-24(29)32-16-6-4-2/h7-14H,3-6,15-18H2,1-2H3,(H,26,28)(H,27,29). The van der Waals surface area contributed by atoms with Crippen LogP contribution >= 0.6 is 0 Å². The third-order valence-electron chi connectivity index (χ3n) is 4.66. The molecule has 2 N–H and O–H groups in total. The number of para-hydroxylation sites is 2. The van der Waals surface area contributed by atoms with Crippen LogP contribution in [-0.4, -0.2) is 31.6 Å². The summed E-state index contributed by atoms with van der Waals surface area (Å²) in [5.74, 6) is 0. The molecule has 0 aromatic heterocycles. The highest BCUT2D eigenvalue weighted by atomic mass is 16.7. The molecular weight excluding hydrogens is 440 g/mol. The fourth-order valence-electron chi connectivity index (χ4n) is 2.76. The van der Waals surface area contributed by atoms with Crippen molar-refractivity contribution >= 4 is 29.7 Å². The van der Waals surface area contributed by atoms with E-state index in [2.05, 4.69) is 10.6 Å². The lowest BCUT2D eigenvalue weighted by Gasteiger charge is -2.13. The molecule has 184 valence electrons. The van der Waals surface area contributed by atoms with Crippen LogP contribution in [0, 0.1) is 0 Å². The van der Waals surface area contributed by atoms with Crippen LogP contribution in [0.4, 0.5) is 25.8 Å². The third kappa shape index (κ3) is 9.81. The SMILES string of the molecule is CCCCOC(=O)Nc1ccccc1COC(=O)OCc1ccccc1NC(=O)OCCCC. The summed E-state index contributed by atoms with van der Waals surface area (Å²) in [6, 6.07) is 13.8. The van der Waals surface area contributed by atoms with E-state index in [-0.39, 0.29) is 13.2 Å². The van der Waals surface area contributed by atoms with Crippen molar-refractivity contribution in [3.05, 3.63) is 59.7 Å². The van der Waals surface area contributed by atoms with Crippen LogP contribution in [0.1, 0.15) is 50.7 Å². The van der Waals surface area contributed by atoms with Gasteiger partial charge in [0.1, 0.15) is 13.2 Å². The average molecular weight is 473 g/mol. The summed E-state index contributed by atoms with van der Waals surface area (Å²) in [5, 5.41) is 5.30. The highest BCUT2D eigenvalue weighted by Gasteiger charge is 2.13. The van der Waals surface area contributed by atoms with Crippen molar-refractivity contribution in [3.63, 3.8) is 0 Å². The Bertz CT molecular complexity index is 859. The molecule has 0 aliphatic rings. The minimum atomic E-state index is -0.888. The van der Waals surface area contributed by atoms with Gasteiger partial charge in [-0.3, -0.25) is 10.6 Å². The summed E-state index contributed by atoms with van der Waals surface area (Å²) >= 11 is 0. The van der Waals surface area contributed by atoms with Crippen LogP contribution in [-0.2, 0) is 32.2 Å². The first-order valence-corrected chi connectivity index (χ1v) is 11.4. The van der Waals surface area contributed by atoms with E-state index in [1.165, 1.54) is 0 Å². The number of hydrogen-bond donors (Lipinski definition) is 2. The minimum Gasteiger partial charge on any atom is -0.449 e. The Balaban J connectivity index is 1.85. The molecule has 9 nitrogen and oxygen atoms in total. The van der Waals surface area contributed by atoms with Crippen LogP contribution in [0.5, 0.6) is 0 Å². The molecule has 2 aromatic rings. The maximum absolute atomic E-state index is 12.1. The summed E-state index contributed by atoms with van der Waals surface area (Å²) in [4.78, 5) is 36.0. The number of hydrogen-bond acceptors (Lipinski definition) is 7. The number of carbonyl (C=O) groups excluding carboxylic acids is 3. The number of amides is 2. The van der Waals surface area contributed by atoms with E-state index in [1.54, 1.807) is 48.5 Å². The van der Waals surface area contributed by atoms with Crippen molar-refractivity contribution in [2.24, 2.45) is 0 Å². The minimum absolute atomic E-state index is 0.103. The molecule has 34 heavy (non-hydrogen) atoms. The molecule has 0 bridgehead atoms. The molecule has 0 fully saturated rings. The zero-order chi connectivity index (χ0) is 24.6. The molecule has 2 amide bonds. The summed E-state index contributed by atoms with van der Waals surface area (Å²) in [7, 11) is 0. The van der Waals surface area contributed by atoms with Gasteiger partial charge < -0.3 is 18.9 Å². The van der Waals surface area contributed by atoms with Crippen molar-refractivity contribution in [1.29, 1.82) is 0 Å². The quantitative estimate of drug-likeness (QED) is 0.214. The third-order valence-corrected chi connectivity index (χ3v) is 4.66. The molecule has 0 radical (unpaired) electrons. The summed E-state index contributed by atoms with van der Waals surface area (Å²) < 4.78 is 20.6. The average Bonchev–Trinajstić information content (AvgIpc) is 2.83. The lowest BCUT2D eigenvalue weighted by Crippen LogP contribution is -2.17. The zero-order valence-corrected chi connectivity index (χ0v) is 19.6. The molecular formula is C25H32N2O7. The molecule has 0 unspecified atom stereocenters. The van der Waals surface area contributed by atoms with Crippen LogP contribution in [0.2, 0.25) is 0 Å². The van der Waals surface area contributed by atoms with E-state index in [4.69, 9.17) is 18.9 Å². The van der Waals surface area contributed by atoms with Crippen LogP contribution in [0.25, 0.3) is 0 Å². The van der Waals surface area contributed by atoms with Gasteiger partial charge in [0.15, 0.2) is 0 Å². The molecule has 2 aromatic carbocycles. The van der Waals surface area contributed by atoms with Gasteiger partial charge in [-0.15, -0.1) is 0 Å². The molecule has 0 atom stereocenters. The molecule has 0 heterocycles. The predicted octanol–water partition coefficient (Wildman–Crippen LogP) is 6.24.